The van der Waals surface area contributed by atoms with E-state index in [0.717, 1.165) is 6.42 Å². The SMILES string of the molecule is CC[c-]1ccc2ccccc21.[K+]. The zero-order valence-corrected chi connectivity index (χ0v) is 10.8. The minimum atomic E-state index is 0. The molecule has 0 aliphatic carbocycles. The molecule has 0 nitrogen and oxygen atoms in total. The Balaban J connectivity index is 0.000000720. The molecular weight excluding hydrogens is 171 g/mol. The van der Waals surface area contributed by atoms with Gasteiger partial charge in [-0.15, -0.1) is 40.6 Å². The Morgan fingerprint density at radius 3 is 2.67 bits per heavy atom. The van der Waals surface area contributed by atoms with Gasteiger partial charge in [0.25, 0.3) is 0 Å². The van der Waals surface area contributed by atoms with E-state index >= 15 is 0 Å². The van der Waals surface area contributed by atoms with Crippen molar-refractivity contribution in [3.8, 4) is 0 Å². The van der Waals surface area contributed by atoms with E-state index in [-0.39, 0.29) is 51.4 Å². The smallest absolute Gasteiger partial charge is 0.168 e. The van der Waals surface area contributed by atoms with E-state index in [1.165, 1.54) is 16.3 Å². The number of benzene rings is 1. The number of rotatable bonds is 1. The summed E-state index contributed by atoms with van der Waals surface area (Å²) in [6.07, 6.45) is 1.13. The second-order valence-electron chi connectivity index (χ2n) is 2.80. The molecule has 0 heterocycles. The predicted molar refractivity (Wildman–Crippen MR) is 48.9 cm³/mol. The molecule has 0 aliphatic heterocycles. The Kier molecular flexibility index (Phi) is 4.07. The molecule has 2 aromatic rings. The minimum Gasteiger partial charge on any atom is -0.168 e. The summed E-state index contributed by atoms with van der Waals surface area (Å²) >= 11 is 0. The molecule has 2 aromatic carbocycles. The molecule has 0 fully saturated rings. The van der Waals surface area contributed by atoms with Crippen molar-refractivity contribution >= 4 is 10.8 Å². The molecule has 0 radical (unpaired) electrons. The second kappa shape index (κ2) is 4.63. The monoisotopic (exact) mass is 182 g/mol. The van der Waals surface area contributed by atoms with Crippen LogP contribution in [0.4, 0.5) is 0 Å². The Labute approximate surface area is 116 Å². The van der Waals surface area contributed by atoms with Crippen molar-refractivity contribution in [3.63, 3.8) is 0 Å². The van der Waals surface area contributed by atoms with Gasteiger partial charge in [0.1, 0.15) is 0 Å². The van der Waals surface area contributed by atoms with E-state index in [1.54, 1.807) is 0 Å². The van der Waals surface area contributed by atoms with Crippen molar-refractivity contribution in [2.24, 2.45) is 0 Å². The Morgan fingerprint density at radius 1 is 1.17 bits per heavy atom. The van der Waals surface area contributed by atoms with Gasteiger partial charge in [0.15, 0.2) is 0 Å². The first-order valence-corrected chi connectivity index (χ1v) is 4.05. The number of hydrogen-bond acceptors (Lipinski definition) is 0. The fraction of sp³-hybridized carbons (Fsp3) is 0.182. The molecule has 0 saturated carbocycles. The summed E-state index contributed by atoms with van der Waals surface area (Å²) in [6.45, 7) is 2.20. The predicted octanol–water partition coefficient (Wildman–Crippen LogP) is 0.125. The molecule has 0 bridgehead atoms. The third-order valence-electron chi connectivity index (χ3n) is 2.15. The third kappa shape index (κ3) is 1.86. The minimum absolute atomic E-state index is 0. The van der Waals surface area contributed by atoms with Crippen LogP contribution in [0.3, 0.4) is 0 Å². The number of aryl methyl sites for hydroxylation is 1. The standard InChI is InChI=1S/C11H11.K/c1-2-9-7-8-10-5-3-4-6-11(9)10;/h3-8H,2H2,1H3;/q-1;+1. The van der Waals surface area contributed by atoms with Crippen LogP contribution in [-0.4, -0.2) is 0 Å². The topological polar surface area (TPSA) is 0 Å². The maximum Gasteiger partial charge on any atom is 1.00 e. The summed E-state index contributed by atoms with van der Waals surface area (Å²) < 4.78 is 0. The van der Waals surface area contributed by atoms with Crippen molar-refractivity contribution in [3.05, 3.63) is 42.0 Å². The Bertz CT molecular complexity index is 360. The molecule has 0 N–H and O–H groups in total. The molecule has 0 atom stereocenters. The summed E-state index contributed by atoms with van der Waals surface area (Å²) in [5.41, 5.74) is 1.46. The van der Waals surface area contributed by atoms with Gasteiger partial charge in [-0.3, -0.25) is 0 Å². The molecule has 0 amide bonds. The van der Waals surface area contributed by atoms with Gasteiger partial charge in [-0.1, -0.05) is 19.4 Å². The van der Waals surface area contributed by atoms with E-state index in [4.69, 9.17) is 0 Å². The molecule has 0 saturated heterocycles. The molecule has 2 rings (SSSR count). The third-order valence-corrected chi connectivity index (χ3v) is 2.15. The first-order chi connectivity index (χ1) is 5.42. The summed E-state index contributed by atoms with van der Waals surface area (Å²) in [6, 6.07) is 12.9. The van der Waals surface area contributed by atoms with Gasteiger partial charge >= 0.3 is 51.4 Å². The fourth-order valence-electron chi connectivity index (χ4n) is 1.52. The molecule has 0 spiro atoms. The van der Waals surface area contributed by atoms with Gasteiger partial charge < -0.3 is 0 Å². The van der Waals surface area contributed by atoms with Gasteiger partial charge in [-0.25, -0.2) is 0 Å². The van der Waals surface area contributed by atoms with Gasteiger partial charge in [0, 0.05) is 0 Å². The van der Waals surface area contributed by atoms with Gasteiger partial charge in [0.2, 0.25) is 0 Å². The van der Waals surface area contributed by atoms with Crippen LogP contribution >= 0.6 is 0 Å². The van der Waals surface area contributed by atoms with Crippen molar-refractivity contribution in [2.75, 3.05) is 0 Å². The summed E-state index contributed by atoms with van der Waals surface area (Å²) in [4.78, 5) is 0. The maximum atomic E-state index is 2.21. The average Bonchev–Trinajstić information content (AvgIpc) is 2.47. The van der Waals surface area contributed by atoms with Crippen molar-refractivity contribution in [2.45, 2.75) is 13.3 Å². The average molecular weight is 182 g/mol. The van der Waals surface area contributed by atoms with E-state index in [2.05, 4.69) is 43.3 Å². The summed E-state index contributed by atoms with van der Waals surface area (Å²) in [5, 5.41) is 2.78. The van der Waals surface area contributed by atoms with Crippen LogP contribution in [0, 0.1) is 0 Å². The van der Waals surface area contributed by atoms with Crippen LogP contribution in [-0.2, 0) is 6.42 Å². The normalized spacial score (nSPS) is 9.75. The van der Waals surface area contributed by atoms with Gasteiger partial charge in [-0.2, -0.15) is 6.07 Å². The summed E-state index contributed by atoms with van der Waals surface area (Å²) in [5.74, 6) is 0. The van der Waals surface area contributed by atoms with Crippen LogP contribution in [0.25, 0.3) is 10.8 Å². The maximum absolute atomic E-state index is 2.21. The fourth-order valence-corrected chi connectivity index (χ4v) is 1.52. The van der Waals surface area contributed by atoms with Crippen molar-refractivity contribution < 1.29 is 51.4 Å². The van der Waals surface area contributed by atoms with Gasteiger partial charge in [-0.05, 0) is 0 Å². The van der Waals surface area contributed by atoms with E-state index < -0.39 is 0 Å². The molecule has 12 heavy (non-hydrogen) atoms. The van der Waals surface area contributed by atoms with Crippen LogP contribution < -0.4 is 51.4 Å². The van der Waals surface area contributed by atoms with Crippen molar-refractivity contribution in [1.82, 2.24) is 0 Å². The molecule has 0 aliphatic rings. The molecular formula is C11H11K. The first kappa shape index (κ1) is 10.5. The molecule has 0 aromatic heterocycles. The van der Waals surface area contributed by atoms with Crippen LogP contribution in [0.15, 0.2) is 36.4 Å². The number of fused-ring (bicyclic) bond motifs is 1. The van der Waals surface area contributed by atoms with E-state index in [1.807, 2.05) is 0 Å². The number of hydrogen-bond donors (Lipinski definition) is 0. The Morgan fingerprint density at radius 2 is 1.92 bits per heavy atom. The quantitative estimate of drug-likeness (QED) is 0.434. The second-order valence-corrected chi connectivity index (χ2v) is 2.80. The van der Waals surface area contributed by atoms with Crippen LogP contribution in [0.1, 0.15) is 12.5 Å². The summed E-state index contributed by atoms with van der Waals surface area (Å²) in [7, 11) is 0. The van der Waals surface area contributed by atoms with Gasteiger partial charge in [0.05, 0.1) is 0 Å². The molecule has 56 valence electrons. The zero-order chi connectivity index (χ0) is 7.68. The first-order valence-electron chi connectivity index (χ1n) is 4.05. The van der Waals surface area contributed by atoms with E-state index in [0.29, 0.717) is 0 Å². The largest absolute Gasteiger partial charge is 1.00 e. The molecule has 1 heteroatoms. The zero-order valence-electron chi connectivity index (χ0n) is 7.67. The molecule has 0 unspecified atom stereocenters. The van der Waals surface area contributed by atoms with Crippen molar-refractivity contribution in [1.29, 1.82) is 0 Å². The van der Waals surface area contributed by atoms with Crippen LogP contribution in [0.5, 0.6) is 0 Å². The van der Waals surface area contributed by atoms with E-state index in [9.17, 15) is 0 Å². The van der Waals surface area contributed by atoms with Crippen LogP contribution in [0.2, 0.25) is 0 Å². The Hall–Kier alpha value is 0.466.